The average Bonchev–Trinajstić information content (AvgIpc) is 3.36. The summed E-state index contributed by atoms with van der Waals surface area (Å²) in [5.41, 5.74) is 4.26. The van der Waals surface area contributed by atoms with Crippen LogP contribution in [-0.2, 0) is 0 Å². The number of phenolic OH excluding ortho intramolecular Hbond substituents is 1. The van der Waals surface area contributed by atoms with Crippen LogP contribution in [0.15, 0.2) is 59.7 Å². The van der Waals surface area contributed by atoms with E-state index in [2.05, 4.69) is 0 Å². The summed E-state index contributed by atoms with van der Waals surface area (Å²) >= 11 is 0. The van der Waals surface area contributed by atoms with Crippen LogP contribution in [0, 0.1) is 6.92 Å². The van der Waals surface area contributed by atoms with Gasteiger partial charge in [0, 0.05) is 18.0 Å². The molecule has 1 N–H and O–H groups in total. The van der Waals surface area contributed by atoms with Crippen molar-refractivity contribution in [2.75, 3.05) is 13.9 Å². The van der Waals surface area contributed by atoms with Gasteiger partial charge in [-0.05, 0) is 66.6 Å². The van der Waals surface area contributed by atoms with Crippen molar-refractivity contribution in [3.8, 4) is 34.3 Å². The molecule has 4 aromatic rings. The van der Waals surface area contributed by atoms with Crippen molar-refractivity contribution in [3.05, 3.63) is 65.9 Å². The Morgan fingerprint density at radius 3 is 2.83 bits per heavy atom. The molecule has 0 bridgehead atoms. The number of benzene rings is 2. The number of aliphatic imine (C=N–C) groups is 1. The Kier molecular flexibility index (Phi) is 4.28. The Morgan fingerprint density at radius 2 is 1.97 bits per heavy atom. The molecule has 0 unspecified atom stereocenters. The number of phenols is 1. The van der Waals surface area contributed by atoms with E-state index in [4.69, 9.17) is 24.2 Å². The van der Waals surface area contributed by atoms with E-state index in [1.54, 1.807) is 24.4 Å². The molecule has 0 aliphatic carbocycles. The number of nitrogens with zero attached hydrogens (tertiary/aromatic N) is 3. The van der Waals surface area contributed by atoms with Gasteiger partial charge in [-0.25, -0.2) is 9.98 Å². The summed E-state index contributed by atoms with van der Waals surface area (Å²) in [6, 6.07) is 14.8. The van der Waals surface area contributed by atoms with Gasteiger partial charge in [0.15, 0.2) is 28.8 Å². The molecule has 5 rings (SSSR count). The van der Waals surface area contributed by atoms with Crippen molar-refractivity contribution in [2.45, 2.75) is 6.92 Å². The van der Waals surface area contributed by atoms with Gasteiger partial charge in [-0.2, -0.15) is 0 Å². The number of rotatable bonds is 4. The number of aryl methyl sites for hydroxylation is 1. The lowest BCUT2D eigenvalue weighted by atomic mass is 10.1. The first-order chi connectivity index (χ1) is 14.6. The number of hydrogen-bond acceptors (Lipinski definition) is 6. The Morgan fingerprint density at radius 1 is 1.10 bits per heavy atom. The topological polar surface area (TPSA) is 77.6 Å². The van der Waals surface area contributed by atoms with Gasteiger partial charge in [0.25, 0.3) is 0 Å². The predicted molar refractivity (Wildman–Crippen MR) is 113 cm³/mol. The monoisotopic (exact) mass is 401 g/mol. The van der Waals surface area contributed by atoms with Crippen LogP contribution in [0.5, 0.6) is 23.0 Å². The summed E-state index contributed by atoms with van der Waals surface area (Å²) < 4.78 is 18.0. The Labute approximate surface area is 172 Å². The minimum atomic E-state index is 0.0752. The second-order valence-electron chi connectivity index (χ2n) is 6.97. The van der Waals surface area contributed by atoms with Crippen molar-refractivity contribution in [2.24, 2.45) is 4.99 Å². The zero-order chi connectivity index (χ0) is 20.7. The number of pyridine rings is 1. The fraction of sp³-hybridized carbons (Fsp3) is 0.130. The molecule has 0 spiro atoms. The molecule has 0 saturated heterocycles. The highest BCUT2D eigenvalue weighted by Gasteiger charge is 2.16. The largest absolute Gasteiger partial charge is 0.504 e. The second-order valence-corrected chi connectivity index (χ2v) is 6.97. The summed E-state index contributed by atoms with van der Waals surface area (Å²) in [6.45, 7) is 2.25. The third-order valence-corrected chi connectivity index (χ3v) is 4.94. The van der Waals surface area contributed by atoms with Crippen LogP contribution in [0.3, 0.4) is 0 Å². The molecule has 0 radical (unpaired) electrons. The van der Waals surface area contributed by atoms with Gasteiger partial charge >= 0.3 is 0 Å². The third-order valence-electron chi connectivity index (χ3n) is 4.94. The fourth-order valence-electron chi connectivity index (χ4n) is 3.40. The molecule has 7 nitrogen and oxygen atoms in total. The molecule has 0 fully saturated rings. The molecular weight excluding hydrogens is 382 g/mol. The highest BCUT2D eigenvalue weighted by molar-refractivity contribution is 5.86. The van der Waals surface area contributed by atoms with Crippen molar-refractivity contribution in [1.29, 1.82) is 0 Å². The van der Waals surface area contributed by atoms with Crippen LogP contribution in [0.25, 0.3) is 16.9 Å². The van der Waals surface area contributed by atoms with Gasteiger partial charge in [0.2, 0.25) is 6.79 Å². The average molecular weight is 401 g/mol. The van der Waals surface area contributed by atoms with Crippen molar-refractivity contribution >= 4 is 17.7 Å². The van der Waals surface area contributed by atoms with Crippen LogP contribution >= 0.6 is 0 Å². The van der Waals surface area contributed by atoms with Gasteiger partial charge in [0.1, 0.15) is 11.3 Å². The van der Waals surface area contributed by atoms with E-state index in [-0.39, 0.29) is 12.5 Å². The van der Waals surface area contributed by atoms with Crippen molar-refractivity contribution in [3.63, 3.8) is 0 Å². The fourth-order valence-corrected chi connectivity index (χ4v) is 3.40. The Bertz CT molecular complexity index is 1290. The lowest BCUT2D eigenvalue weighted by Crippen LogP contribution is -1.92. The minimum Gasteiger partial charge on any atom is -0.504 e. The maximum absolute atomic E-state index is 9.95. The molecule has 0 atom stereocenters. The number of aromatic hydroxyl groups is 1. The van der Waals surface area contributed by atoms with E-state index in [0.29, 0.717) is 23.0 Å². The van der Waals surface area contributed by atoms with E-state index in [9.17, 15) is 5.11 Å². The summed E-state index contributed by atoms with van der Waals surface area (Å²) in [7, 11) is 1.52. The molecule has 2 aromatic carbocycles. The van der Waals surface area contributed by atoms with Gasteiger partial charge in [-0.3, -0.25) is 4.40 Å². The number of imidazole rings is 1. The molecule has 3 heterocycles. The molecular formula is C23H19N3O4. The van der Waals surface area contributed by atoms with E-state index in [0.717, 1.165) is 28.1 Å². The lowest BCUT2D eigenvalue weighted by molar-refractivity contribution is 0.174. The van der Waals surface area contributed by atoms with Gasteiger partial charge in [0.05, 0.1) is 7.11 Å². The zero-order valence-electron chi connectivity index (χ0n) is 16.5. The van der Waals surface area contributed by atoms with Crippen LogP contribution in [0.4, 0.5) is 5.82 Å². The van der Waals surface area contributed by atoms with Gasteiger partial charge < -0.3 is 19.3 Å². The summed E-state index contributed by atoms with van der Waals surface area (Å²) in [5.74, 6) is 2.57. The normalized spacial score (nSPS) is 12.7. The van der Waals surface area contributed by atoms with E-state index in [1.165, 1.54) is 7.11 Å². The quantitative estimate of drug-likeness (QED) is 0.510. The van der Waals surface area contributed by atoms with Crippen LogP contribution in [0.1, 0.15) is 11.1 Å². The molecule has 0 amide bonds. The molecule has 2 aromatic heterocycles. The number of aromatic nitrogens is 2. The Balaban J connectivity index is 1.63. The maximum Gasteiger partial charge on any atom is 0.231 e. The summed E-state index contributed by atoms with van der Waals surface area (Å²) in [4.78, 5) is 9.54. The lowest BCUT2D eigenvalue weighted by Gasteiger charge is -2.06. The summed E-state index contributed by atoms with van der Waals surface area (Å²) in [6.07, 6.45) is 3.72. The summed E-state index contributed by atoms with van der Waals surface area (Å²) in [5, 5.41) is 9.95. The van der Waals surface area contributed by atoms with Gasteiger partial charge in [-0.15, -0.1) is 0 Å². The smallest absolute Gasteiger partial charge is 0.231 e. The van der Waals surface area contributed by atoms with Crippen molar-refractivity contribution < 1.29 is 19.3 Å². The number of fused-ring (bicyclic) bond motifs is 2. The third kappa shape index (κ3) is 3.10. The molecule has 7 heteroatoms. The second kappa shape index (κ2) is 7.11. The highest BCUT2D eigenvalue weighted by Crippen LogP contribution is 2.37. The number of methoxy groups -OCH3 is 1. The first-order valence-electron chi connectivity index (χ1n) is 9.42. The molecule has 1 aliphatic heterocycles. The Hall–Kier alpha value is -4.00. The highest BCUT2D eigenvalue weighted by atomic mass is 16.7. The van der Waals surface area contributed by atoms with E-state index >= 15 is 0 Å². The molecule has 1 aliphatic rings. The first-order valence-corrected chi connectivity index (χ1v) is 9.42. The van der Waals surface area contributed by atoms with E-state index in [1.807, 2.05) is 47.9 Å². The number of hydrogen-bond donors (Lipinski definition) is 1. The maximum atomic E-state index is 9.95. The first kappa shape index (κ1) is 18.1. The van der Waals surface area contributed by atoms with E-state index < -0.39 is 0 Å². The van der Waals surface area contributed by atoms with Crippen molar-refractivity contribution in [1.82, 2.24) is 9.38 Å². The predicted octanol–water partition coefficient (Wildman–Crippen LogP) is 4.50. The van der Waals surface area contributed by atoms with Gasteiger partial charge in [-0.1, -0.05) is 0 Å². The SMILES string of the molecule is COc1cc(-c2nc3cc(C)ccn3c2/N=C/c2ccc3c(c2)OCO3)ccc1O. The van der Waals surface area contributed by atoms with Crippen LogP contribution < -0.4 is 14.2 Å². The zero-order valence-corrected chi connectivity index (χ0v) is 16.5. The standard InChI is InChI=1S/C23H19N3O4/c1-14-7-8-26-21(9-14)25-22(16-4-5-17(27)19(11-16)28-2)23(26)24-12-15-3-6-18-20(10-15)30-13-29-18/h3-12,27H,13H2,1-2H3/b24-12+. The van der Waals surface area contributed by atoms with Crippen LogP contribution in [-0.4, -0.2) is 34.6 Å². The molecule has 30 heavy (non-hydrogen) atoms. The molecule has 150 valence electrons. The van der Waals surface area contributed by atoms with Crippen LogP contribution in [0.2, 0.25) is 0 Å². The number of ether oxygens (including phenoxy) is 3. The minimum absolute atomic E-state index is 0.0752. The molecule has 0 saturated carbocycles.